The molecule has 1 aromatic carbocycles. The molecule has 4 nitrogen and oxygen atoms in total. The Hall–Kier alpha value is -1.65. The van der Waals surface area contributed by atoms with Crippen LogP contribution >= 0.6 is 0 Å². The maximum atomic E-state index is 5.09. The van der Waals surface area contributed by atoms with Crippen molar-refractivity contribution in [3.05, 3.63) is 36.5 Å². The summed E-state index contributed by atoms with van der Waals surface area (Å²) in [4.78, 5) is 7.12. The Morgan fingerprint density at radius 3 is 3.14 bits per heavy atom. The smallest absolute Gasteiger partial charge is 0.136 e. The van der Waals surface area contributed by atoms with Crippen molar-refractivity contribution in [2.24, 2.45) is 0 Å². The zero-order valence-corrected chi connectivity index (χ0v) is 12.6. The van der Waals surface area contributed by atoms with Gasteiger partial charge in [-0.25, -0.2) is 4.98 Å². The highest BCUT2D eigenvalue weighted by Crippen LogP contribution is 2.29. The maximum Gasteiger partial charge on any atom is 0.136 e. The Kier molecular flexibility index (Phi) is 4.68. The van der Waals surface area contributed by atoms with Crippen LogP contribution in [0.5, 0.6) is 0 Å². The fourth-order valence-electron chi connectivity index (χ4n) is 3.10. The SMILES string of the molecule is COCCNCC1CCCN1c1nccc2ccccc12. The molecule has 0 amide bonds. The molecule has 0 radical (unpaired) electrons. The molecule has 0 aliphatic carbocycles. The highest BCUT2D eigenvalue weighted by Gasteiger charge is 2.26. The zero-order chi connectivity index (χ0) is 14.5. The summed E-state index contributed by atoms with van der Waals surface area (Å²) in [7, 11) is 1.74. The van der Waals surface area contributed by atoms with E-state index >= 15 is 0 Å². The van der Waals surface area contributed by atoms with Crippen LogP contribution in [0, 0.1) is 0 Å². The molecule has 1 unspecified atom stereocenters. The van der Waals surface area contributed by atoms with Crippen molar-refractivity contribution in [1.29, 1.82) is 0 Å². The van der Waals surface area contributed by atoms with Crippen molar-refractivity contribution in [3.63, 3.8) is 0 Å². The Balaban J connectivity index is 1.77. The van der Waals surface area contributed by atoms with Gasteiger partial charge in [0.15, 0.2) is 0 Å². The first-order chi connectivity index (χ1) is 10.4. The summed E-state index contributed by atoms with van der Waals surface area (Å²) in [5.41, 5.74) is 0. The number of nitrogens with one attached hydrogen (secondary N) is 1. The lowest BCUT2D eigenvalue weighted by Crippen LogP contribution is -2.39. The molecule has 21 heavy (non-hydrogen) atoms. The predicted molar refractivity (Wildman–Crippen MR) is 86.9 cm³/mol. The van der Waals surface area contributed by atoms with Gasteiger partial charge in [0.25, 0.3) is 0 Å². The van der Waals surface area contributed by atoms with Gasteiger partial charge in [-0.2, -0.15) is 0 Å². The van der Waals surface area contributed by atoms with Crippen molar-refractivity contribution in [2.75, 3.05) is 38.3 Å². The first-order valence-corrected chi connectivity index (χ1v) is 7.70. The van der Waals surface area contributed by atoms with Gasteiger partial charge in [0.2, 0.25) is 0 Å². The van der Waals surface area contributed by atoms with Crippen molar-refractivity contribution in [2.45, 2.75) is 18.9 Å². The fourth-order valence-corrected chi connectivity index (χ4v) is 3.10. The van der Waals surface area contributed by atoms with Crippen LogP contribution in [0.25, 0.3) is 10.8 Å². The number of pyridine rings is 1. The van der Waals surface area contributed by atoms with E-state index in [0.29, 0.717) is 6.04 Å². The molecule has 2 heterocycles. The van der Waals surface area contributed by atoms with Crippen LogP contribution in [0.15, 0.2) is 36.5 Å². The summed E-state index contributed by atoms with van der Waals surface area (Å²) in [6, 6.07) is 11.1. The third kappa shape index (κ3) is 3.17. The molecule has 2 aromatic rings. The Bertz CT molecular complexity index is 582. The van der Waals surface area contributed by atoms with Crippen LogP contribution in [0.1, 0.15) is 12.8 Å². The molecule has 112 valence electrons. The summed E-state index contributed by atoms with van der Waals surface area (Å²) in [6.45, 7) is 3.76. The van der Waals surface area contributed by atoms with Crippen LogP contribution in [-0.2, 0) is 4.74 Å². The van der Waals surface area contributed by atoms with E-state index in [4.69, 9.17) is 4.74 Å². The van der Waals surface area contributed by atoms with Gasteiger partial charge in [-0.1, -0.05) is 24.3 Å². The molecular formula is C17H23N3O. The molecule has 0 saturated carbocycles. The van der Waals surface area contributed by atoms with E-state index in [1.807, 2.05) is 6.20 Å². The van der Waals surface area contributed by atoms with E-state index in [0.717, 1.165) is 32.1 Å². The largest absolute Gasteiger partial charge is 0.383 e. The van der Waals surface area contributed by atoms with Crippen LogP contribution in [0.4, 0.5) is 5.82 Å². The van der Waals surface area contributed by atoms with Gasteiger partial charge in [0.1, 0.15) is 5.82 Å². The average Bonchev–Trinajstić information content (AvgIpc) is 2.99. The molecular weight excluding hydrogens is 262 g/mol. The van der Waals surface area contributed by atoms with Crippen LogP contribution in [-0.4, -0.2) is 44.4 Å². The molecule has 4 heteroatoms. The summed E-state index contributed by atoms with van der Waals surface area (Å²) < 4.78 is 5.09. The monoisotopic (exact) mass is 285 g/mol. The van der Waals surface area contributed by atoms with E-state index in [1.165, 1.54) is 23.6 Å². The number of fused-ring (bicyclic) bond motifs is 1. The Morgan fingerprint density at radius 1 is 1.33 bits per heavy atom. The average molecular weight is 285 g/mol. The maximum absolute atomic E-state index is 5.09. The first kappa shape index (κ1) is 14.3. The molecule has 0 bridgehead atoms. The zero-order valence-electron chi connectivity index (χ0n) is 12.6. The number of aromatic nitrogens is 1. The third-order valence-corrected chi connectivity index (χ3v) is 4.16. The normalized spacial score (nSPS) is 18.5. The molecule has 3 rings (SSSR count). The van der Waals surface area contributed by atoms with Gasteiger partial charge < -0.3 is 15.0 Å². The topological polar surface area (TPSA) is 37.4 Å². The van der Waals surface area contributed by atoms with Gasteiger partial charge >= 0.3 is 0 Å². The minimum Gasteiger partial charge on any atom is -0.383 e. The Morgan fingerprint density at radius 2 is 2.24 bits per heavy atom. The molecule has 1 aromatic heterocycles. The van der Waals surface area contributed by atoms with Crippen molar-refractivity contribution in [3.8, 4) is 0 Å². The van der Waals surface area contributed by atoms with Crippen LogP contribution in [0.3, 0.4) is 0 Å². The number of benzene rings is 1. The highest BCUT2D eigenvalue weighted by atomic mass is 16.5. The molecule has 1 saturated heterocycles. The lowest BCUT2D eigenvalue weighted by molar-refractivity contribution is 0.199. The second-order valence-electron chi connectivity index (χ2n) is 5.54. The van der Waals surface area contributed by atoms with Gasteiger partial charge in [-0.05, 0) is 24.3 Å². The summed E-state index contributed by atoms with van der Waals surface area (Å²) in [5, 5.41) is 6.00. The molecule has 1 N–H and O–H groups in total. The highest BCUT2D eigenvalue weighted by molar-refractivity contribution is 5.92. The van der Waals surface area contributed by atoms with Gasteiger partial charge in [-0.3, -0.25) is 0 Å². The van der Waals surface area contributed by atoms with E-state index in [1.54, 1.807) is 7.11 Å². The molecule has 1 atom stereocenters. The quantitative estimate of drug-likeness (QED) is 0.827. The number of hydrogen-bond donors (Lipinski definition) is 1. The number of rotatable bonds is 6. The molecule has 1 aliphatic rings. The number of hydrogen-bond acceptors (Lipinski definition) is 4. The van der Waals surface area contributed by atoms with E-state index < -0.39 is 0 Å². The minimum atomic E-state index is 0.528. The molecule has 1 aliphatic heterocycles. The second-order valence-corrected chi connectivity index (χ2v) is 5.54. The lowest BCUT2D eigenvalue weighted by atomic mass is 10.1. The van der Waals surface area contributed by atoms with E-state index in [9.17, 15) is 0 Å². The second kappa shape index (κ2) is 6.87. The summed E-state index contributed by atoms with van der Waals surface area (Å²) >= 11 is 0. The lowest BCUT2D eigenvalue weighted by Gasteiger charge is -2.27. The standard InChI is InChI=1S/C17H23N3O/c1-21-12-10-18-13-15-6-4-11-20(15)17-16-7-3-2-5-14(16)8-9-19-17/h2-3,5,7-9,15,18H,4,6,10-13H2,1H3. The van der Waals surface area contributed by atoms with Crippen molar-refractivity contribution in [1.82, 2.24) is 10.3 Å². The Labute approximate surface area is 126 Å². The number of methoxy groups -OCH3 is 1. The minimum absolute atomic E-state index is 0.528. The molecule has 1 fully saturated rings. The van der Waals surface area contributed by atoms with Gasteiger partial charge in [0, 0.05) is 44.4 Å². The summed E-state index contributed by atoms with van der Waals surface area (Å²) in [6.07, 6.45) is 4.39. The van der Waals surface area contributed by atoms with Crippen molar-refractivity contribution < 1.29 is 4.74 Å². The third-order valence-electron chi connectivity index (χ3n) is 4.16. The van der Waals surface area contributed by atoms with Crippen molar-refractivity contribution >= 4 is 16.6 Å². The van der Waals surface area contributed by atoms with Crippen LogP contribution < -0.4 is 10.2 Å². The predicted octanol–water partition coefficient (Wildman–Crippen LogP) is 2.44. The molecule has 0 spiro atoms. The van der Waals surface area contributed by atoms with E-state index in [2.05, 4.69) is 45.5 Å². The van der Waals surface area contributed by atoms with Gasteiger partial charge in [-0.15, -0.1) is 0 Å². The summed E-state index contributed by atoms with van der Waals surface area (Å²) in [5.74, 6) is 1.13. The van der Waals surface area contributed by atoms with Crippen LogP contribution in [0.2, 0.25) is 0 Å². The number of ether oxygens (including phenoxy) is 1. The number of anilines is 1. The first-order valence-electron chi connectivity index (χ1n) is 7.70. The number of nitrogens with zero attached hydrogens (tertiary/aromatic N) is 2. The van der Waals surface area contributed by atoms with E-state index in [-0.39, 0.29) is 0 Å². The fraction of sp³-hybridized carbons (Fsp3) is 0.471. The van der Waals surface area contributed by atoms with Gasteiger partial charge in [0.05, 0.1) is 6.61 Å².